The molecule has 0 aliphatic rings. The number of methoxy groups -OCH3 is 1. The number of hydrogen-bond donors (Lipinski definition) is 2. The van der Waals surface area contributed by atoms with Gasteiger partial charge in [-0.25, -0.2) is 4.39 Å². The van der Waals surface area contributed by atoms with Gasteiger partial charge in [0.2, 0.25) is 5.91 Å². The smallest absolute Gasteiger partial charge is 0.238 e. The van der Waals surface area contributed by atoms with Gasteiger partial charge in [0.05, 0.1) is 13.7 Å². The summed E-state index contributed by atoms with van der Waals surface area (Å²) in [5, 5.41) is 5.73. The molecule has 21 heavy (non-hydrogen) atoms. The van der Waals surface area contributed by atoms with E-state index in [0.717, 1.165) is 11.3 Å². The van der Waals surface area contributed by atoms with Gasteiger partial charge in [0.25, 0.3) is 0 Å². The fourth-order valence-electron chi connectivity index (χ4n) is 1.84. The molecule has 0 saturated heterocycles. The second-order valence-corrected chi connectivity index (χ2v) is 4.51. The van der Waals surface area contributed by atoms with Crippen LogP contribution in [0.1, 0.15) is 5.56 Å². The number of nitrogens with one attached hydrogen (secondary N) is 2. The lowest BCUT2D eigenvalue weighted by molar-refractivity contribution is -0.115. The van der Waals surface area contributed by atoms with Crippen LogP contribution in [0.4, 0.5) is 10.1 Å². The summed E-state index contributed by atoms with van der Waals surface area (Å²) in [6.07, 6.45) is 0. The molecule has 0 aromatic heterocycles. The van der Waals surface area contributed by atoms with Crippen LogP contribution in [-0.2, 0) is 11.3 Å². The van der Waals surface area contributed by atoms with Gasteiger partial charge in [-0.3, -0.25) is 4.79 Å². The van der Waals surface area contributed by atoms with Crippen LogP contribution in [0.25, 0.3) is 0 Å². The van der Waals surface area contributed by atoms with Crippen molar-refractivity contribution in [2.24, 2.45) is 0 Å². The van der Waals surface area contributed by atoms with Crippen LogP contribution in [0.2, 0.25) is 0 Å². The van der Waals surface area contributed by atoms with Crippen molar-refractivity contribution in [1.29, 1.82) is 0 Å². The van der Waals surface area contributed by atoms with Gasteiger partial charge in [-0.05, 0) is 42.0 Å². The summed E-state index contributed by atoms with van der Waals surface area (Å²) in [4.78, 5) is 11.7. The predicted octanol–water partition coefficient (Wildman–Crippen LogP) is 2.56. The lowest BCUT2D eigenvalue weighted by atomic mass is 10.2. The highest BCUT2D eigenvalue weighted by Gasteiger charge is 2.02. The molecule has 2 aromatic carbocycles. The topological polar surface area (TPSA) is 50.4 Å². The monoisotopic (exact) mass is 288 g/mol. The third kappa shape index (κ3) is 4.89. The second kappa shape index (κ2) is 7.40. The van der Waals surface area contributed by atoms with Crippen LogP contribution in [0.5, 0.6) is 5.75 Å². The van der Waals surface area contributed by atoms with E-state index in [2.05, 4.69) is 10.6 Å². The first-order valence-corrected chi connectivity index (χ1v) is 6.56. The maximum absolute atomic E-state index is 12.7. The molecule has 2 aromatic rings. The molecule has 0 unspecified atom stereocenters. The average molecular weight is 288 g/mol. The largest absolute Gasteiger partial charge is 0.497 e. The van der Waals surface area contributed by atoms with E-state index in [1.807, 2.05) is 24.3 Å². The van der Waals surface area contributed by atoms with Gasteiger partial charge in [-0.2, -0.15) is 0 Å². The Hall–Kier alpha value is -2.40. The third-order valence-electron chi connectivity index (χ3n) is 2.88. The SMILES string of the molecule is COc1cccc(CNCC(=O)Nc2ccc(F)cc2)c1. The number of hydrogen-bond acceptors (Lipinski definition) is 3. The van der Waals surface area contributed by atoms with Gasteiger partial charge >= 0.3 is 0 Å². The Balaban J connectivity index is 1.77. The number of carbonyl (C=O) groups excluding carboxylic acids is 1. The zero-order chi connectivity index (χ0) is 15.1. The number of rotatable bonds is 6. The van der Waals surface area contributed by atoms with Crippen LogP contribution in [-0.4, -0.2) is 19.6 Å². The van der Waals surface area contributed by atoms with E-state index in [9.17, 15) is 9.18 Å². The van der Waals surface area contributed by atoms with Gasteiger partial charge in [0.15, 0.2) is 0 Å². The second-order valence-electron chi connectivity index (χ2n) is 4.51. The van der Waals surface area contributed by atoms with E-state index >= 15 is 0 Å². The highest BCUT2D eigenvalue weighted by molar-refractivity contribution is 5.92. The number of ether oxygens (including phenoxy) is 1. The Morgan fingerprint density at radius 1 is 1.19 bits per heavy atom. The number of carbonyl (C=O) groups is 1. The summed E-state index contributed by atoms with van der Waals surface area (Å²) in [5.41, 5.74) is 1.61. The van der Waals surface area contributed by atoms with Crippen molar-refractivity contribution in [3.05, 3.63) is 59.9 Å². The van der Waals surface area contributed by atoms with Gasteiger partial charge in [-0.1, -0.05) is 12.1 Å². The van der Waals surface area contributed by atoms with Crippen molar-refractivity contribution in [2.45, 2.75) is 6.54 Å². The molecular formula is C16H17FN2O2. The van der Waals surface area contributed by atoms with Crippen molar-refractivity contribution in [3.63, 3.8) is 0 Å². The zero-order valence-corrected chi connectivity index (χ0v) is 11.7. The molecule has 0 radical (unpaired) electrons. The van der Waals surface area contributed by atoms with Gasteiger partial charge in [0.1, 0.15) is 11.6 Å². The molecule has 0 bridgehead atoms. The first-order chi connectivity index (χ1) is 10.2. The molecule has 5 heteroatoms. The van der Waals surface area contributed by atoms with Crippen LogP contribution in [0.15, 0.2) is 48.5 Å². The minimum absolute atomic E-state index is 0.175. The molecule has 2 N–H and O–H groups in total. The van der Waals surface area contributed by atoms with Crippen LogP contribution >= 0.6 is 0 Å². The van der Waals surface area contributed by atoms with E-state index in [1.165, 1.54) is 24.3 Å². The summed E-state index contributed by atoms with van der Waals surface area (Å²) in [6, 6.07) is 13.3. The number of benzene rings is 2. The summed E-state index contributed by atoms with van der Waals surface area (Å²) in [5.74, 6) is 0.277. The lowest BCUT2D eigenvalue weighted by Crippen LogP contribution is -2.27. The maximum Gasteiger partial charge on any atom is 0.238 e. The van der Waals surface area contributed by atoms with Crippen molar-refractivity contribution >= 4 is 11.6 Å². The zero-order valence-electron chi connectivity index (χ0n) is 11.7. The molecule has 0 atom stereocenters. The predicted molar refractivity (Wildman–Crippen MR) is 79.7 cm³/mol. The van der Waals surface area contributed by atoms with Crippen molar-refractivity contribution in [2.75, 3.05) is 19.0 Å². The maximum atomic E-state index is 12.7. The Kier molecular flexibility index (Phi) is 5.29. The number of amides is 1. The Morgan fingerprint density at radius 3 is 2.67 bits per heavy atom. The molecule has 2 rings (SSSR count). The summed E-state index contributed by atoms with van der Waals surface area (Å²) in [7, 11) is 1.61. The van der Waals surface area contributed by atoms with E-state index in [-0.39, 0.29) is 18.3 Å². The average Bonchev–Trinajstić information content (AvgIpc) is 2.50. The molecule has 0 saturated carbocycles. The number of anilines is 1. The minimum Gasteiger partial charge on any atom is -0.497 e. The summed E-state index contributed by atoms with van der Waals surface area (Å²) < 4.78 is 17.9. The highest BCUT2D eigenvalue weighted by Crippen LogP contribution is 2.12. The van der Waals surface area contributed by atoms with E-state index in [1.54, 1.807) is 7.11 Å². The van der Waals surface area contributed by atoms with Crippen LogP contribution < -0.4 is 15.4 Å². The summed E-state index contributed by atoms with van der Waals surface area (Å²) in [6.45, 7) is 0.739. The highest BCUT2D eigenvalue weighted by atomic mass is 19.1. The molecule has 0 fully saturated rings. The third-order valence-corrected chi connectivity index (χ3v) is 2.88. The molecule has 4 nitrogen and oxygen atoms in total. The first-order valence-electron chi connectivity index (χ1n) is 6.56. The summed E-state index contributed by atoms with van der Waals surface area (Å²) >= 11 is 0. The van der Waals surface area contributed by atoms with Gasteiger partial charge in [-0.15, -0.1) is 0 Å². The Bertz CT molecular complexity index is 599. The quantitative estimate of drug-likeness (QED) is 0.859. The molecule has 0 heterocycles. The van der Waals surface area contributed by atoms with Crippen molar-refractivity contribution in [1.82, 2.24) is 5.32 Å². The first kappa shape index (κ1) is 15.0. The molecule has 1 amide bonds. The Morgan fingerprint density at radius 2 is 1.95 bits per heavy atom. The van der Waals surface area contributed by atoms with Crippen LogP contribution in [0.3, 0.4) is 0 Å². The molecule has 0 aliphatic carbocycles. The molecule has 110 valence electrons. The molecular weight excluding hydrogens is 271 g/mol. The molecule has 0 spiro atoms. The van der Waals surface area contributed by atoms with Gasteiger partial charge in [0, 0.05) is 12.2 Å². The number of halogens is 1. The standard InChI is InChI=1S/C16H17FN2O2/c1-21-15-4-2-3-12(9-15)10-18-11-16(20)19-14-7-5-13(17)6-8-14/h2-9,18H,10-11H2,1H3,(H,19,20). The Labute approximate surface area is 122 Å². The van der Waals surface area contributed by atoms with E-state index in [0.29, 0.717) is 12.2 Å². The van der Waals surface area contributed by atoms with Crippen molar-refractivity contribution in [3.8, 4) is 5.75 Å². The van der Waals surface area contributed by atoms with Gasteiger partial charge < -0.3 is 15.4 Å². The van der Waals surface area contributed by atoms with Crippen LogP contribution in [0, 0.1) is 5.82 Å². The minimum atomic E-state index is -0.329. The normalized spacial score (nSPS) is 10.2. The van der Waals surface area contributed by atoms with Crippen molar-refractivity contribution < 1.29 is 13.9 Å². The fourth-order valence-corrected chi connectivity index (χ4v) is 1.84. The lowest BCUT2D eigenvalue weighted by Gasteiger charge is -2.08. The molecule has 0 aliphatic heterocycles. The fraction of sp³-hybridized carbons (Fsp3) is 0.188. The van der Waals surface area contributed by atoms with E-state index < -0.39 is 0 Å². The van der Waals surface area contributed by atoms with E-state index in [4.69, 9.17) is 4.74 Å².